The first-order valence-electron chi connectivity index (χ1n) is 7.50. The van der Waals surface area contributed by atoms with Crippen LogP contribution in [0.1, 0.15) is 24.4 Å². The lowest BCUT2D eigenvalue weighted by molar-refractivity contribution is -0.137. The van der Waals surface area contributed by atoms with Crippen molar-refractivity contribution < 1.29 is 28.2 Å². The van der Waals surface area contributed by atoms with Crippen molar-refractivity contribution in [1.29, 1.82) is 0 Å². The number of ether oxygens (including phenoxy) is 1. The molecule has 1 saturated heterocycles. The molecule has 0 aromatic heterocycles. The van der Waals surface area contributed by atoms with Gasteiger partial charge in [-0.15, -0.1) is 0 Å². The van der Waals surface area contributed by atoms with Crippen LogP contribution in [0.15, 0.2) is 24.3 Å². The van der Waals surface area contributed by atoms with Gasteiger partial charge in [0.1, 0.15) is 5.75 Å². The second kappa shape index (κ2) is 8.55. The Balaban J connectivity index is 1.97. The van der Waals surface area contributed by atoms with Gasteiger partial charge in [0, 0.05) is 19.5 Å². The number of hydrazine groups is 1. The summed E-state index contributed by atoms with van der Waals surface area (Å²) in [6.07, 6.45) is 0.328. The molecule has 1 aromatic rings. The van der Waals surface area contributed by atoms with Crippen LogP contribution in [0.5, 0.6) is 5.75 Å². The first kappa shape index (κ1) is 18.1. The van der Waals surface area contributed by atoms with Gasteiger partial charge in [-0.1, -0.05) is 12.1 Å². The normalized spacial score (nSPS) is 20.1. The predicted molar refractivity (Wildman–Crippen MR) is 80.3 cm³/mol. The standard InChI is InChI=1S/C15H19F2N3O4/c16-15(17)24-10-4-1-3-9(7-10)13-11(8-19-20-13)14(23)18-6-2-5-12(21)22/h1,3-4,7,11,13,15,19-20H,2,5-6,8H2,(H,18,23)(H,21,22). The number of carboxylic acids is 1. The van der Waals surface area contributed by atoms with E-state index >= 15 is 0 Å². The van der Waals surface area contributed by atoms with Crippen LogP contribution >= 0.6 is 0 Å². The molecule has 1 amide bonds. The van der Waals surface area contributed by atoms with Crippen molar-refractivity contribution in [2.24, 2.45) is 5.92 Å². The third-order valence-electron chi connectivity index (χ3n) is 3.63. The van der Waals surface area contributed by atoms with Crippen molar-refractivity contribution in [3.05, 3.63) is 29.8 Å². The molecule has 1 fully saturated rings. The number of carbonyl (C=O) groups excluding carboxylic acids is 1. The molecule has 0 aliphatic carbocycles. The van der Waals surface area contributed by atoms with Gasteiger partial charge in [0.15, 0.2) is 0 Å². The molecule has 2 unspecified atom stereocenters. The number of nitrogens with one attached hydrogen (secondary N) is 3. The zero-order valence-electron chi connectivity index (χ0n) is 12.8. The molecular formula is C15H19F2N3O4. The zero-order valence-corrected chi connectivity index (χ0v) is 12.8. The Hall–Kier alpha value is -2.26. The monoisotopic (exact) mass is 343 g/mol. The van der Waals surface area contributed by atoms with E-state index in [2.05, 4.69) is 20.9 Å². The Morgan fingerprint density at radius 3 is 2.92 bits per heavy atom. The number of carboxylic acid groups (broad SMARTS) is 1. The summed E-state index contributed by atoms with van der Waals surface area (Å²) in [6, 6.07) is 5.77. The number of aliphatic carboxylic acids is 1. The van der Waals surface area contributed by atoms with Gasteiger partial charge in [0.2, 0.25) is 5.91 Å². The van der Waals surface area contributed by atoms with E-state index in [9.17, 15) is 18.4 Å². The van der Waals surface area contributed by atoms with E-state index < -0.39 is 24.5 Å². The van der Waals surface area contributed by atoms with Crippen molar-refractivity contribution in [2.45, 2.75) is 25.5 Å². The van der Waals surface area contributed by atoms with Crippen LogP contribution in [-0.4, -0.2) is 36.7 Å². The minimum atomic E-state index is -2.91. The van der Waals surface area contributed by atoms with E-state index in [-0.39, 0.29) is 24.6 Å². The molecule has 2 rings (SSSR count). The minimum absolute atomic E-state index is 0.0160. The Morgan fingerprint density at radius 2 is 2.21 bits per heavy atom. The highest BCUT2D eigenvalue weighted by molar-refractivity contribution is 5.80. The van der Waals surface area contributed by atoms with Gasteiger partial charge >= 0.3 is 12.6 Å². The summed E-state index contributed by atoms with van der Waals surface area (Å²) >= 11 is 0. The van der Waals surface area contributed by atoms with Crippen LogP contribution in [0.2, 0.25) is 0 Å². The van der Waals surface area contributed by atoms with Crippen molar-refractivity contribution in [1.82, 2.24) is 16.2 Å². The minimum Gasteiger partial charge on any atom is -0.481 e. The van der Waals surface area contributed by atoms with Crippen molar-refractivity contribution in [3.63, 3.8) is 0 Å². The third-order valence-corrected chi connectivity index (χ3v) is 3.63. The number of alkyl halides is 2. The molecule has 24 heavy (non-hydrogen) atoms. The van der Waals surface area contributed by atoms with Crippen LogP contribution in [0.3, 0.4) is 0 Å². The van der Waals surface area contributed by atoms with Crippen LogP contribution < -0.4 is 20.9 Å². The van der Waals surface area contributed by atoms with E-state index in [1.54, 1.807) is 12.1 Å². The van der Waals surface area contributed by atoms with E-state index in [0.29, 0.717) is 18.5 Å². The third kappa shape index (κ3) is 5.14. The molecule has 0 spiro atoms. The summed E-state index contributed by atoms with van der Waals surface area (Å²) in [5.74, 6) is -1.57. The Bertz CT molecular complexity index is 586. The highest BCUT2D eigenvalue weighted by Crippen LogP contribution is 2.28. The smallest absolute Gasteiger partial charge is 0.387 e. The van der Waals surface area contributed by atoms with E-state index in [1.807, 2.05) is 0 Å². The number of halogens is 2. The highest BCUT2D eigenvalue weighted by Gasteiger charge is 2.34. The average molecular weight is 343 g/mol. The molecule has 2 atom stereocenters. The van der Waals surface area contributed by atoms with Gasteiger partial charge in [0.05, 0.1) is 12.0 Å². The fourth-order valence-corrected chi connectivity index (χ4v) is 2.52. The van der Waals surface area contributed by atoms with E-state index in [1.165, 1.54) is 12.1 Å². The second-order valence-electron chi connectivity index (χ2n) is 5.35. The van der Waals surface area contributed by atoms with Gasteiger partial charge in [-0.2, -0.15) is 8.78 Å². The van der Waals surface area contributed by atoms with E-state index in [4.69, 9.17) is 5.11 Å². The van der Waals surface area contributed by atoms with Gasteiger partial charge in [0.25, 0.3) is 0 Å². The lowest BCUT2D eigenvalue weighted by Gasteiger charge is -2.19. The molecule has 4 N–H and O–H groups in total. The van der Waals surface area contributed by atoms with Crippen molar-refractivity contribution in [3.8, 4) is 5.75 Å². The summed E-state index contributed by atoms with van der Waals surface area (Å²) in [7, 11) is 0. The van der Waals surface area contributed by atoms with Gasteiger partial charge in [-0.05, 0) is 24.1 Å². The molecule has 132 valence electrons. The van der Waals surface area contributed by atoms with Gasteiger partial charge in [-0.3, -0.25) is 15.0 Å². The number of amides is 1. The fourth-order valence-electron chi connectivity index (χ4n) is 2.52. The SMILES string of the molecule is O=C(O)CCCNC(=O)C1CNNC1c1cccc(OC(F)F)c1. The number of hydrogen-bond donors (Lipinski definition) is 4. The van der Waals surface area contributed by atoms with Crippen LogP contribution in [0.4, 0.5) is 8.78 Å². The van der Waals surface area contributed by atoms with Crippen LogP contribution in [-0.2, 0) is 9.59 Å². The molecule has 7 nitrogen and oxygen atoms in total. The molecule has 0 bridgehead atoms. The maximum absolute atomic E-state index is 12.3. The summed E-state index contributed by atoms with van der Waals surface area (Å²) in [5.41, 5.74) is 6.46. The van der Waals surface area contributed by atoms with Crippen LogP contribution in [0.25, 0.3) is 0 Å². The van der Waals surface area contributed by atoms with Crippen molar-refractivity contribution >= 4 is 11.9 Å². The first-order chi connectivity index (χ1) is 11.5. The molecule has 1 aliphatic rings. The Kier molecular flexibility index (Phi) is 6.44. The Morgan fingerprint density at radius 1 is 1.42 bits per heavy atom. The summed E-state index contributed by atoms with van der Waals surface area (Å²) in [6.45, 7) is -2.28. The number of hydrogen-bond acceptors (Lipinski definition) is 5. The number of rotatable bonds is 8. The first-order valence-corrected chi connectivity index (χ1v) is 7.50. The second-order valence-corrected chi connectivity index (χ2v) is 5.35. The predicted octanol–water partition coefficient (Wildman–Crippen LogP) is 1.03. The maximum atomic E-state index is 12.3. The van der Waals surface area contributed by atoms with Gasteiger partial charge in [-0.25, -0.2) is 5.43 Å². The number of benzene rings is 1. The lowest BCUT2D eigenvalue weighted by Crippen LogP contribution is -2.35. The largest absolute Gasteiger partial charge is 0.481 e. The topological polar surface area (TPSA) is 99.7 Å². The molecule has 1 heterocycles. The maximum Gasteiger partial charge on any atom is 0.387 e. The molecular weight excluding hydrogens is 324 g/mol. The van der Waals surface area contributed by atoms with Crippen LogP contribution in [0, 0.1) is 5.92 Å². The summed E-state index contributed by atoms with van der Waals surface area (Å²) in [4.78, 5) is 22.7. The zero-order chi connectivity index (χ0) is 17.5. The molecule has 1 aromatic carbocycles. The summed E-state index contributed by atoms with van der Waals surface area (Å²) in [5, 5.41) is 11.3. The van der Waals surface area contributed by atoms with E-state index in [0.717, 1.165) is 0 Å². The summed E-state index contributed by atoms with van der Waals surface area (Å²) < 4.78 is 29.0. The van der Waals surface area contributed by atoms with Gasteiger partial charge < -0.3 is 15.2 Å². The molecule has 9 heteroatoms. The highest BCUT2D eigenvalue weighted by atomic mass is 19.3. The molecule has 0 radical (unpaired) electrons. The number of carbonyl (C=O) groups is 2. The molecule has 0 saturated carbocycles. The lowest BCUT2D eigenvalue weighted by atomic mass is 9.94. The Labute approximate surface area is 137 Å². The molecule has 1 aliphatic heterocycles. The fraction of sp³-hybridized carbons (Fsp3) is 0.467. The van der Waals surface area contributed by atoms with Crippen molar-refractivity contribution in [2.75, 3.05) is 13.1 Å². The average Bonchev–Trinajstić information content (AvgIpc) is 3.00. The quantitative estimate of drug-likeness (QED) is 0.526.